The number of hydrogen-bond donors (Lipinski definition) is 2. The molecule has 0 saturated heterocycles. The summed E-state index contributed by atoms with van der Waals surface area (Å²) in [5.74, 6) is 1.10. The first-order valence-electron chi connectivity index (χ1n) is 8.60. The number of benzene rings is 1. The Morgan fingerprint density at radius 2 is 1.85 bits per heavy atom. The standard InChI is InChI=1S/C19H25BrN2O5/c1-5-10-27-19(23)16-15(20)14(12(22-16)8-9-21)11-6-7-13(24-2)18(26-4)17(11)25-3/h6-7,22H,5,8-10,21H2,1-4H3. The van der Waals surface area contributed by atoms with Crippen LogP contribution in [0.4, 0.5) is 0 Å². The van der Waals surface area contributed by atoms with Gasteiger partial charge in [0.05, 0.1) is 32.4 Å². The van der Waals surface area contributed by atoms with E-state index >= 15 is 0 Å². The minimum atomic E-state index is -0.423. The summed E-state index contributed by atoms with van der Waals surface area (Å²) in [6.07, 6.45) is 1.29. The molecular weight excluding hydrogens is 416 g/mol. The van der Waals surface area contributed by atoms with E-state index in [0.717, 1.165) is 23.2 Å². The normalized spacial score (nSPS) is 10.6. The van der Waals surface area contributed by atoms with E-state index in [1.165, 1.54) is 0 Å². The van der Waals surface area contributed by atoms with Crippen LogP contribution in [0.5, 0.6) is 17.2 Å². The molecule has 1 aromatic carbocycles. The Balaban J connectivity index is 2.67. The van der Waals surface area contributed by atoms with Crippen molar-refractivity contribution in [1.82, 2.24) is 4.98 Å². The Morgan fingerprint density at radius 3 is 2.41 bits per heavy atom. The Hall–Kier alpha value is -2.19. The van der Waals surface area contributed by atoms with Crippen LogP contribution in [0.25, 0.3) is 11.1 Å². The number of aromatic nitrogens is 1. The van der Waals surface area contributed by atoms with Crippen LogP contribution < -0.4 is 19.9 Å². The van der Waals surface area contributed by atoms with E-state index in [1.807, 2.05) is 13.0 Å². The molecule has 27 heavy (non-hydrogen) atoms. The van der Waals surface area contributed by atoms with Crippen LogP contribution in [0.1, 0.15) is 29.5 Å². The third-order valence-electron chi connectivity index (χ3n) is 4.03. The zero-order chi connectivity index (χ0) is 20.0. The van der Waals surface area contributed by atoms with Crippen molar-refractivity contribution in [3.8, 4) is 28.4 Å². The van der Waals surface area contributed by atoms with Gasteiger partial charge in [-0.15, -0.1) is 0 Å². The van der Waals surface area contributed by atoms with Crippen molar-refractivity contribution in [3.05, 3.63) is 28.0 Å². The van der Waals surface area contributed by atoms with Crippen molar-refractivity contribution < 1.29 is 23.7 Å². The molecular formula is C19H25BrN2O5. The SMILES string of the molecule is CCCOC(=O)c1[nH]c(CCN)c(-c2ccc(OC)c(OC)c2OC)c1Br. The highest BCUT2D eigenvalue weighted by atomic mass is 79.9. The van der Waals surface area contributed by atoms with Gasteiger partial charge in [-0.3, -0.25) is 0 Å². The molecule has 0 amide bonds. The third-order valence-corrected chi connectivity index (χ3v) is 4.82. The zero-order valence-electron chi connectivity index (χ0n) is 16.0. The first-order valence-corrected chi connectivity index (χ1v) is 9.40. The number of methoxy groups -OCH3 is 3. The van der Waals surface area contributed by atoms with Crippen LogP contribution in [0, 0.1) is 0 Å². The van der Waals surface area contributed by atoms with Gasteiger partial charge >= 0.3 is 5.97 Å². The summed E-state index contributed by atoms with van der Waals surface area (Å²) in [4.78, 5) is 15.6. The predicted octanol–water partition coefficient (Wildman–Crippen LogP) is 3.54. The lowest BCUT2D eigenvalue weighted by atomic mass is 10.0. The fourth-order valence-electron chi connectivity index (χ4n) is 2.84. The Morgan fingerprint density at radius 1 is 1.15 bits per heavy atom. The molecule has 0 spiro atoms. The van der Waals surface area contributed by atoms with Gasteiger partial charge < -0.3 is 29.7 Å². The molecule has 0 aliphatic heterocycles. The van der Waals surface area contributed by atoms with Gasteiger partial charge in [-0.05, 0) is 41.0 Å². The summed E-state index contributed by atoms with van der Waals surface area (Å²) in [5, 5.41) is 0. The number of hydrogen-bond acceptors (Lipinski definition) is 6. The number of aromatic amines is 1. The molecule has 0 unspecified atom stereocenters. The molecule has 0 aliphatic carbocycles. The van der Waals surface area contributed by atoms with Crippen molar-refractivity contribution in [3.63, 3.8) is 0 Å². The van der Waals surface area contributed by atoms with Crippen LogP contribution in [-0.4, -0.2) is 45.4 Å². The zero-order valence-corrected chi connectivity index (χ0v) is 17.6. The summed E-state index contributed by atoms with van der Waals surface area (Å²) < 4.78 is 22.3. The Bertz CT molecular complexity index is 804. The number of H-pyrrole nitrogens is 1. The van der Waals surface area contributed by atoms with E-state index < -0.39 is 5.97 Å². The van der Waals surface area contributed by atoms with Crippen LogP contribution in [-0.2, 0) is 11.2 Å². The van der Waals surface area contributed by atoms with Crippen LogP contribution in [0.3, 0.4) is 0 Å². The highest BCUT2D eigenvalue weighted by Crippen LogP contribution is 2.47. The molecule has 1 heterocycles. The molecule has 0 bridgehead atoms. The Labute approximate surface area is 167 Å². The van der Waals surface area contributed by atoms with E-state index in [2.05, 4.69) is 20.9 Å². The van der Waals surface area contributed by atoms with Crippen LogP contribution in [0.15, 0.2) is 16.6 Å². The Kier molecular flexibility index (Phi) is 7.55. The van der Waals surface area contributed by atoms with Gasteiger partial charge in [0.15, 0.2) is 11.5 Å². The van der Waals surface area contributed by atoms with Gasteiger partial charge in [-0.1, -0.05) is 6.92 Å². The van der Waals surface area contributed by atoms with Crippen molar-refractivity contribution in [1.29, 1.82) is 0 Å². The van der Waals surface area contributed by atoms with Gasteiger partial charge in [0.25, 0.3) is 0 Å². The maximum Gasteiger partial charge on any atom is 0.355 e. The second kappa shape index (κ2) is 9.66. The highest BCUT2D eigenvalue weighted by molar-refractivity contribution is 9.10. The lowest BCUT2D eigenvalue weighted by Crippen LogP contribution is -2.08. The first-order chi connectivity index (χ1) is 13.0. The second-order valence-corrected chi connectivity index (χ2v) is 6.52. The molecule has 7 nitrogen and oxygen atoms in total. The van der Waals surface area contributed by atoms with E-state index in [0.29, 0.717) is 47.0 Å². The van der Waals surface area contributed by atoms with Crippen molar-refractivity contribution in [2.75, 3.05) is 34.5 Å². The van der Waals surface area contributed by atoms with Gasteiger partial charge in [0.2, 0.25) is 5.75 Å². The summed E-state index contributed by atoms with van der Waals surface area (Å²) in [7, 11) is 4.66. The molecule has 0 radical (unpaired) electrons. The quantitative estimate of drug-likeness (QED) is 0.578. The number of halogens is 1. The average molecular weight is 441 g/mol. The highest BCUT2D eigenvalue weighted by Gasteiger charge is 2.26. The van der Waals surface area contributed by atoms with Gasteiger partial charge in [-0.25, -0.2) is 4.79 Å². The number of nitrogens with two attached hydrogens (primary N) is 1. The maximum atomic E-state index is 12.4. The molecule has 0 saturated carbocycles. The van der Waals surface area contributed by atoms with E-state index in [4.69, 9.17) is 24.7 Å². The van der Waals surface area contributed by atoms with Gasteiger partial charge in [0, 0.05) is 23.2 Å². The molecule has 8 heteroatoms. The van der Waals surface area contributed by atoms with Crippen molar-refractivity contribution in [2.24, 2.45) is 5.73 Å². The summed E-state index contributed by atoms with van der Waals surface area (Å²) in [6, 6.07) is 3.65. The number of esters is 1. The topological polar surface area (TPSA) is 95.8 Å². The summed E-state index contributed by atoms with van der Waals surface area (Å²) in [5.41, 5.74) is 8.44. The molecule has 0 fully saturated rings. The van der Waals surface area contributed by atoms with E-state index in [1.54, 1.807) is 27.4 Å². The fraction of sp³-hybridized carbons (Fsp3) is 0.421. The number of rotatable bonds is 9. The lowest BCUT2D eigenvalue weighted by molar-refractivity contribution is 0.0497. The molecule has 2 aromatic rings. The molecule has 1 aromatic heterocycles. The first kappa shape index (κ1) is 21.1. The number of carbonyl (C=O) groups excluding carboxylic acids is 1. The smallest absolute Gasteiger partial charge is 0.355 e. The number of nitrogens with one attached hydrogen (secondary N) is 1. The second-order valence-electron chi connectivity index (χ2n) is 5.72. The number of carbonyl (C=O) groups is 1. The fourth-order valence-corrected chi connectivity index (χ4v) is 3.56. The van der Waals surface area contributed by atoms with E-state index in [-0.39, 0.29) is 0 Å². The van der Waals surface area contributed by atoms with Crippen LogP contribution in [0.2, 0.25) is 0 Å². The minimum absolute atomic E-state index is 0.346. The lowest BCUT2D eigenvalue weighted by Gasteiger charge is -2.16. The van der Waals surface area contributed by atoms with E-state index in [9.17, 15) is 4.79 Å². The average Bonchev–Trinajstić information content (AvgIpc) is 3.00. The number of ether oxygens (including phenoxy) is 4. The molecule has 2 rings (SSSR count). The predicted molar refractivity (Wildman–Crippen MR) is 107 cm³/mol. The third kappa shape index (κ3) is 4.22. The molecule has 148 valence electrons. The van der Waals surface area contributed by atoms with Gasteiger partial charge in [-0.2, -0.15) is 0 Å². The summed E-state index contributed by atoms with van der Waals surface area (Å²) >= 11 is 3.55. The van der Waals surface area contributed by atoms with Gasteiger partial charge in [0.1, 0.15) is 5.69 Å². The largest absolute Gasteiger partial charge is 0.493 e. The maximum absolute atomic E-state index is 12.4. The summed E-state index contributed by atoms with van der Waals surface area (Å²) in [6.45, 7) is 2.71. The molecule has 0 atom stereocenters. The molecule has 0 aliphatic rings. The van der Waals surface area contributed by atoms with Crippen molar-refractivity contribution >= 4 is 21.9 Å². The van der Waals surface area contributed by atoms with Crippen molar-refractivity contribution in [2.45, 2.75) is 19.8 Å². The van der Waals surface area contributed by atoms with Crippen LogP contribution >= 0.6 is 15.9 Å². The minimum Gasteiger partial charge on any atom is -0.493 e. The monoisotopic (exact) mass is 440 g/mol. The molecule has 3 N–H and O–H groups in total.